The van der Waals surface area contributed by atoms with Gasteiger partial charge < -0.3 is 14.7 Å². The van der Waals surface area contributed by atoms with Crippen LogP contribution in [0.1, 0.15) is 17.3 Å². The minimum atomic E-state index is -1.06. The van der Waals surface area contributed by atoms with Crippen molar-refractivity contribution in [3.05, 3.63) is 54.2 Å². The van der Waals surface area contributed by atoms with Crippen LogP contribution in [0, 0.1) is 0 Å². The molecule has 1 N–H and O–H groups in total. The second kappa shape index (κ2) is 6.80. The van der Waals surface area contributed by atoms with Crippen LogP contribution in [0.2, 0.25) is 0 Å². The molecule has 124 valence electrons. The molecule has 2 aromatic rings. The molecular weight excluding hydrogens is 308 g/mol. The third-order valence-corrected chi connectivity index (χ3v) is 3.90. The third-order valence-electron chi connectivity index (χ3n) is 3.90. The Morgan fingerprint density at radius 3 is 2.54 bits per heavy atom. The van der Waals surface area contributed by atoms with E-state index in [-0.39, 0.29) is 18.6 Å². The van der Waals surface area contributed by atoms with E-state index in [0.29, 0.717) is 12.1 Å². The lowest BCUT2D eigenvalue weighted by Crippen LogP contribution is -2.51. The lowest BCUT2D eigenvalue weighted by Gasteiger charge is -2.34. The molecule has 6 nitrogen and oxygen atoms in total. The predicted octanol–water partition coefficient (Wildman–Crippen LogP) is 2.06. The highest BCUT2D eigenvalue weighted by atomic mass is 16.5. The number of pyridine rings is 1. The molecule has 1 amide bonds. The summed E-state index contributed by atoms with van der Waals surface area (Å²) >= 11 is 0. The van der Waals surface area contributed by atoms with Crippen molar-refractivity contribution in [3.63, 3.8) is 0 Å². The zero-order valence-corrected chi connectivity index (χ0v) is 13.3. The SMILES string of the molecule is C[C@@H]1CN(C(=O)c2ccc(-c3ccccc3)nc2)C[C@H](C(=O)O)O1. The Balaban J connectivity index is 1.76. The van der Waals surface area contributed by atoms with Gasteiger partial charge in [0.1, 0.15) is 0 Å². The number of ether oxygens (including phenoxy) is 1. The van der Waals surface area contributed by atoms with E-state index in [1.54, 1.807) is 19.1 Å². The number of morpholine rings is 1. The Labute approximate surface area is 139 Å². The summed E-state index contributed by atoms with van der Waals surface area (Å²) in [6.45, 7) is 2.16. The number of amides is 1. The van der Waals surface area contributed by atoms with Crippen LogP contribution in [-0.2, 0) is 9.53 Å². The van der Waals surface area contributed by atoms with E-state index in [0.717, 1.165) is 11.3 Å². The fourth-order valence-corrected chi connectivity index (χ4v) is 2.74. The molecule has 2 heterocycles. The Hall–Kier alpha value is -2.73. The second-order valence-corrected chi connectivity index (χ2v) is 5.78. The molecule has 0 saturated carbocycles. The monoisotopic (exact) mass is 326 g/mol. The Kier molecular flexibility index (Phi) is 4.57. The van der Waals surface area contributed by atoms with Gasteiger partial charge in [-0.05, 0) is 19.1 Å². The van der Waals surface area contributed by atoms with Crippen LogP contribution in [0.25, 0.3) is 11.3 Å². The van der Waals surface area contributed by atoms with Crippen molar-refractivity contribution in [2.45, 2.75) is 19.1 Å². The Bertz CT molecular complexity index is 730. The van der Waals surface area contributed by atoms with E-state index in [4.69, 9.17) is 9.84 Å². The predicted molar refractivity (Wildman–Crippen MR) is 87.5 cm³/mol. The molecule has 0 radical (unpaired) electrons. The van der Waals surface area contributed by atoms with Gasteiger partial charge in [0.15, 0.2) is 6.10 Å². The first kappa shape index (κ1) is 16.1. The molecule has 1 aromatic heterocycles. The van der Waals surface area contributed by atoms with E-state index >= 15 is 0 Å². The van der Waals surface area contributed by atoms with Crippen LogP contribution >= 0.6 is 0 Å². The lowest BCUT2D eigenvalue weighted by molar-refractivity contribution is -0.160. The molecule has 3 rings (SSSR count). The number of aliphatic carboxylic acids is 1. The number of hydrogen-bond donors (Lipinski definition) is 1. The van der Waals surface area contributed by atoms with Crippen LogP contribution in [0.4, 0.5) is 0 Å². The number of carboxylic acid groups (broad SMARTS) is 1. The van der Waals surface area contributed by atoms with Gasteiger partial charge in [0.25, 0.3) is 5.91 Å². The Morgan fingerprint density at radius 1 is 1.17 bits per heavy atom. The molecular formula is C18H18N2O4. The standard InChI is InChI=1S/C18H18N2O4/c1-12-10-20(11-16(24-12)18(22)23)17(21)14-7-8-15(19-9-14)13-5-3-2-4-6-13/h2-9,12,16H,10-11H2,1H3,(H,22,23)/t12-,16-/m1/s1. The first-order valence-corrected chi connectivity index (χ1v) is 7.73. The number of benzene rings is 1. The summed E-state index contributed by atoms with van der Waals surface area (Å²) in [6.07, 6.45) is 0.218. The highest BCUT2D eigenvalue weighted by Gasteiger charge is 2.33. The number of nitrogens with zero attached hydrogens (tertiary/aromatic N) is 2. The minimum Gasteiger partial charge on any atom is -0.479 e. The minimum absolute atomic E-state index is 0.0406. The van der Waals surface area contributed by atoms with E-state index in [1.807, 2.05) is 30.3 Å². The van der Waals surface area contributed by atoms with E-state index < -0.39 is 12.1 Å². The van der Waals surface area contributed by atoms with Crippen molar-refractivity contribution < 1.29 is 19.4 Å². The summed E-state index contributed by atoms with van der Waals surface area (Å²) in [5, 5.41) is 9.11. The molecule has 0 aliphatic carbocycles. The molecule has 1 aromatic carbocycles. The van der Waals surface area contributed by atoms with Gasteiger partial charge in [0, 0.05) is 18.3 Å². The van der Waals surface area contributed by atoms with Crippen LogP contribution in [0.3, 0.4) is 0 Å². The highest BCUT2D eigenvalue weighted by Crippen LogP contribution is 2.18. The molecule has 24 heavy (non-hydrogen) atoms. The van der Waals surface area contributed by atoms with Crippen molar-refractivity contribution in [2.24, 2.45) is 0 Å². The average molecular weight is 326 g/mol. The molecule has 0 spiro atoms. The molecule has 0 bridgehead atoms. The summed E-state index contributed by atoms with van der Waals surface area (Å²) < 4.78 is 5.33. The second-order valence-electron chi connectivity index (χ2n) is 5.78. The van der Waals surface area contributed by atoms with Gasteiger partial charge in [-0.1, -0.05) is 30.3 Å². The van der Waals surface area contributed by atoms with Gasteiger partial charge in [0.2, 0.25) is 0 Å². The normalized spacial score (nSPS) is 20.6. The van der Waals surface area contributed by atoms with Crippen molar-refractivity contribution in [1.29, 1.82) is 0 Å². The molecule has 1 saturated heterocycles. The van der Waals surface area contributed by atoms with Gasteiger partial charge in [-0.3, -0.25) is 9.78 Å². The van der Waals surface area contributed by atoms with Crippen LogP contribution < -0.4 is 0 Å². The number of carboxylic acids is 1. The highest BCUT2D eigenvalue weighted by molar-refractivity contribution is 5.94. The van der Waals surface area contributed by atoms with Crippen molar-refractivity contribution in [3.8, 4) is 11.3 Å². The number of carbonyl (C=O) groups is 2. The maximum absolute atomic E-state index is 12.6. The fraction of sp³-hybridized carbons (Fsp3) is 0.278. The largest absolute Gasteiger partial charge is 0.479 e. The summed E-state index contributed by atoms with van der Waals surface area (Å²) in [7, 11) is 0. The lowest BCUT2D eigenvalue weighted by atomic mass is 10.1. The zero-order valence-electron chi connectivity index (χ0n) is 13.3. The fourth-order valence-electron chi connectivity index (χ4n) is 2.74. The van der Waals surface area contributed by atoms with Gasteiger partial charge in [-0.2, -0.15) is 0 Å². The average Bonchev–Trinajstić information content (AvgIpc) is 2.61. The van der Waals surface area contributed by atoms with Gasteiger partial charge in [-0.25, -0.2) is 4.79 Å². The summed E-state index contributed by atoms with van der Waals surface area (Å²) in [5.74, 6) is -1.29. The van der Waals surface area contributed by atoms with Crippen molar-refractivity contribution >= 4 is 11.9 Å². The van der Waals surface area contributed by atoms with E-state index in [1.165, 1.54) is 11.1 Å². The molecule has 2 atom stereocenters. The summed E-state index contributed by atoms with van der Waals surface area (Å²) in [6, 6.07) is 13.2. The summed E-state index contributed by atoms with van der Waals surface area (Å²) in [5.41, 5.74) is 2.20. The maximum atomic E-state index is 12.6. The molecule has 1 aliphatic rings. The number of hydrogen-bond acceptors (Lipinski definition) is 4. The molecule has 6 heteroatoms. The molecule has 1 fully saturated rings. The number of aromatic nitrogens is 1. The smallest absolute Gasteiger partial charge is 0.334 e. The van der Waals surface area contributed by atoms with Crippen LogP contribution in [0.5, 0.6) is 0 Å². The third kappa shape index (κ3) is 3.44. The van der Waals surface area contributed by atoms with Crippen molar-refractivity contribution in [1.82, 2.24) is 9.88 Å². The number of rotatable bonds is 3. The van der Waals surface area contributed by atoms with Gasteiger partial charge in [0.05, 0.1) is 23.9 Å². The first-order valence-electron chi connectivity index (χ1n) is 7.73. The van der Waals surface area contributed by atoms with Crippen LogP contribution in [-0.4, -0.2) is 52.2 Å². The Morgan fingerprint density at radius 2 is 1.92 bits per heavy atom. The van der Waals surface area contributed by atoms with Crippen molar-refractivity contribution in [2.75, 3.05) is 13.1 Å². The van der Waals surface area contributed by atoms with Gasteiger partial charge >= 0.3 is 5.97 Å². The first-order chi connectivity index (χ1) is 11.5. The summed E-state index contributed by atoms with van der Waals surface area (Å²) in [4.78, 5) is 29.6. The molecule has 1 aliphatic heterocycles. The quantitative estimate of drug-likeness (QED) is 0.934. The maximum Gasteiger partial charge on any atom is 0.334 e. The topological polar surface area (TPSA) is 79.7 Å². The van der Waals surface area contributed by atoms with Crippen LogP contribution in [0.15, 0.2) is 48.7 Å². The van der Waals surface area contributed by atoms with Gasteiger partial charge in [-0.15, -0.1) is 0 Å². The number of carbonyl (C=O) groups excluding carboxylic acids is 1. The molecule has 0 unspecified atom stereocenters. The van der Waals surface area contributed by atoms with E-state index in [9.17, 15) is 9.59 Å². The van der Waals surface area contributed by atoms with E-state index in [2.05, 4.69) is 4.98 Å². The zero-order chi connectivity index (χ0) is 17.1.